The Morgan fingerprint density at radius 2 is 0.691 bits per heavy atom. The number of hydrogen-bond donors (Lipinski definition) is 0. The van der Waals surface area contributed by atoms with Gasteiger partial charge < -0.3 is 57.8 Å². The SMILES string of the molecule is C[C@H]1OC(=O)[C@H](CC2CC2)N(C)C(=O)[C@@H](Cc2ccc(N3CCOCC3)cc2)OC(=O)[C@H](CC2CC2)N(C)C(=O)[C@@H](C)OC(=O)[C@H](CC2CC2)N(C)C(=O)[C@@H](Cc2ccc(N3CCOCC3)cc2)OC(=O)[C@H](CCC2CC2)N(C)C1=O. The van der Waals surface area contributed by atoms with Gasteiger partial charge in [0.1, 0.15) is 24.2 Å². The van der Waals surface area contributed by atoms with E-state index >= 15 is 9.59 Å². The van der Waals surface area contributed by atoms with E-state index in [-0.39, 0.29) is 56.3 Å². The van der Waals surface area contributed by atoms with Crippen LogP contribution >= 0.6 is 0 Å². The Bertz CT molecular complexity index is 2540. The number of amides is 4. The van der Waals surface area contributed by atoms with E-state index in [9.17, 15) is 28.8 Å². The van der Waals surface area contributed by atoms with Crippen LogP contribution in [-0.4, -0.2) is 196 Å². The lowest BCUT2D eigenvalue weighted by Gasteiger charge is -2.35. The molecule has 4 amide bonds. The lowest BCUT2D eigenvalue weighted by molar-refractivity contribution is -0.176. The number of nitrogens with zero attached hydrogens (tertiary/aromatic N) is 6. The molecule has 8 atom stereocenters. The molecule has 7 fully saturated rings. The topological polar surface area (TPSA) is 211 Å². The van der Waals surface area contributed by atoms with Gasteiger partial charge in [-0.15, -0.1) is 0 Å². The van der Waals surface area contributed by atoms with Crippen molar-refractivity contribution in [2.24, 2.45) is 23.7 Å². The average Bonchev–Trinajstić information content (AvgIpc) is 4.30. The molecule has 3 saturated heterocycles. The van der Waals surface area contributed by atoms with Gasteiger partial charge in [0.25, 0.3) is 23.6 Å². The van der Waals surface area contributed by atoms with Crippen LogP contribution in [0.2, 0.25) is 0 Å². The van der Waals surface area contributed by atoms with Crippen molar-refractivity contribution in [1.29, 1.82) is 0 Å². The van der Waals surface area contributed by atoms with Gasteiger partial charge in [-0.3, -0.25) is 19.2 Å². The maximum Gasteiger partial charge on any atom is 0.329 e. The summed E-state index contributed by atoms with van der Waals surface area (Å²) in [4.78, 5) is 127. The van der Waals surface area contributed by atoms with Gasteiger partial charge in [0, 0.05) is 78.6 Å². The number of carbonyl (C=O) groups excluding carboxylic acids is 8. The van der Waals surface area contributed by atoms with Crippen molar-refractivity contribution in [1.82, 2.24) is 19.6 Å². The number of likely N-dealkylation sites (N-methyl/N-ethyl adjacent to an activating group) is 4. The van der Waals surface area contributed by atoms with Crippen molar-refractivity contribution in [2.75, 3.05) is 90.6 Å². The van der Waals surface area contributed by atoms with E-state index in [2.05, 4.69) is 9.80 Å². The Morgan fingerprint density at radius 1 is 0.383 bits per heavy atom. The number of benzene rings is 2. The van der Waals surface area contributed by atoms with Crippen LogP contribution in [0.15, 0.2) is 48.5 Å². The minimum Gasteiger partial charge on any atom is -0.451 e. The minimum absolute atomic E-state index is 0.0694. The maximum atomic E-state index is 15.1. The van der Waals surface area contributed by atoms with E-state index in [1.54, 1.807) is 0 Å². The van der Waals surface area contributed by atoms with Crippen LogP contribution in [0, 0.1) is 23.7 Å². The number of anilines is 2. The van der Waals surface area contributed by atoms with Crippen molar-refractivity contribution in [2.45, 2.75) is 159 Å². The standard InChI is InChI=1S/C61H84N6O14/c1-38-54(68)62(3)48(24-19-40-7-8-40)58(72)80-52(36-44-15-20-46(21-16-44)66-25-29-76-30-26-66)56(70)64(5)50(34-42-11-12-42)60(74)79-39(2)55(69)63(4)51(35-43-13-14-43)61(75)81-53(57(71)65(6)49(59(73)78-38)33-41-9-10-41)37-45-17-22-47(23-18-45)67-27-31-77-32-28-67/h15-18,20-23,38-43,48-53H,7-14,19,24-37H2,1-6H3/t38-,39-,48+,49+,50+,51+,52-,53-/m1/s1. The molecule has 0 unspecified atom stereocenters. The summed E-state index contributed by atoms with van der Waals surface area (Å²) >= 11 is 0. The number of hydrogen-bond acceptors (Lipinski definition) is 16. The molecule has 3 aliphatic heterocycles. The number of cyclic esters (lactones) is 4. The number of carbonyl (C=O) groups is 8. The molecule has 2 aromatic rings. The summed E-state index contributed by atoms with van der Waals surface area (Å²) < 4.78 is 35.6. The molecule has 7 aliphatic rings. The molecule has 20 nitrogen and oxygen atoms in total. The molecule has 81 heavy (non-hydrogen) atoms. The first kappa shape index (κ1) is 59.3. The first-order valence-electron chi connectivity index (χ1n) is 29.6. The van der Waals surface area contributed by atoms with Gasteiger partial charge in [0.05, 0.1) is 26.4 Å². The summed E-state index contributed by atoms with van der Waals surface area (Å²) in [7, 11) is 5.82. The fourth-order valence-electron chi connectivity index (χ4n) is 11.3. The van der Waals surface area contributed by atoms with Gasteiger partial charge in [-0.2, -0.15) is 0 Å². The quantitative estimate of drug-likeness (QED) is 0.174. The highest BCUT2D eigenvalue weighted by Gasteiger charge is 2.45. The number of morpholine rings is 2. The molecule has 4 aliphatic carbocycles. The first-order valence-corrected chi connectivity index (χ1v) is 29.6. The summed E-state index contributed by atoms with van der Waals surface area (Å²) in [5.41, 5.74) is 3.28. The zero-order valence-corrected chi connectivity index (χ0v) is 48.2. The van der Waals surface area contributed by atoms with Crippen LogP contribution in [0.25, 0.3) is 0 Å². The molecule has 2 aromatic carbocycles. The van der Waals surface area contributed by atoms with E-state index in [1.165, 1.54) is 61.6 Å². The van der Waals surface area contributed by atoms with Gasteiger partial charge in [-0.1, -0.05) is 75.6 Å². The maximum absolute atomic E-state index is 15.1. The second kappa shape index (κ2) is 26.8. The van der Waals surface area contributed by atoms with Crippen LogP contribution in [0.4, 0.5) is 11.4 Å². The van der Waals surface area contributed by atoms with Gasteiger partial charge >= 0.3 is 23.9 Å². The highest BCUT2D eigenvalue weighted by molar-refractivity contribution is 5.94. The van der Waals surface area contributed by atoms with Crippen LogP contribution in [0.3, 0.4) is 0 Å². The predicted octanol–water partition coefficient (Wildman–Crippen LogP) is 4.74. The number of esters is 4. The first-order chi connectivity index (χ1) is 38.9. The van der Waals surface area contributed by atoms with Crippen molar-refractivity contribution in [3.63, 3.8) is 0 Å². The molecular formula is C61H84N6O14. The van der Waals surface area contributed by atoms with Gasteiger partial charge in [0.2, 0.25) is 0 Å². The Morgan fingerprint density at radius 3 is 1.04 bits per heavy atom. The lowest BCUT2D eigenvalue weighted by atomic mass is 10.0. The molecule has 0 aromatic heterocycles. The van der Waals surface area contributed by atoms with Gasteiger partial charge in [0.15, 0.2) is 24.4 Å². The normalized spacial score (nSPS) is 28.8. The molecule has 4 saturated carbocycles. The smallest absolute Gasteiger partial charge is 0.329 e. The molecule has 0 spiro atoms. The van der Waals surface area contributed by atoms with E-state index in [0.29, 0.717) is 76.1 Å². The Kier molecular flexibility index (Phi) is 19.6. The van der Waals surface area contributed by atoms with E-state index in [0.717, 1.165) is 62.7 Å². The second-order valence-electron chi connectivity index (χ2n) is 23.9. The highest BCUT2D eigenvalue weighted by Crippen LogP contribution is 2.39. The Labute approximate surface area is 476 Å². The van der Waals surface area contributed by atoms with Crippen LogP contribution in [0.1, 0.15) is 108 Å². The van der Waals surface area contributed by atoms with Gasteiger partial charge in [-0.05, 0) is 105 Å². The predicted molar refractivity (Wildman–Crippen MR) is 297 cm³/mol. The number of ether oxygens (including phenoxy) is 6. The van der Waals surface area contributed by atoms with Crippen molar-refractivity contribution in [3.05, 3.63) is 59.7 Å². The summed E-state index contributed by atoms with van der Waals surface area (Å²) in [6.45, 7) is 8.08. The lowest BCUT2D eigenvalue weighted by Crippen LogP contribution is -2.54. The Hall–Kier alpha value is -6.28. The zero-order chi connectivity index (χ0) is 57.5. The third-order valence-electron chi connectivity index (χ3n) is 17.5. The van der Waals surface area contributed by atoms with Crippen LogP contribution in [-0.2, 0) is 79.6 Å². The van der Waals surface area contributed by atoms with Crippen LogP contribution in [0.5, 0.6) is 0 Å². The summed E-state index contributed by atoms with van der Waals surface area (Å²) in [5.74, 6) is -5.48. The number of rotatable bonds is 15. The highest BCUT2D eigenvalue weighted by atomic mass is 16.6. The average molecular weight is 1130 g/mol. The molecule has 9 rings (SSSR count). The van der Waals surface area contributed by atoms with E-state index in [4.69, 9.17) is 28.4 Å². The molecule has 442 valence electrons. The molecular weight excluding hydrogens is 1040 g/mol. The van der Waals surface area contributed by atoms with Crippen LogP contribution < -0.4 is 9.80 Å². The van der Waals surface area contributed by atoms with Crippen molar-refractivity contribution in [3.8, 4) is 0 Å². The summed E-state index contributed by atoms with van der Waals surface area (Å²) in [5, 5.41) is 0. The third-order valence-corrected chi connectivity index (χ3v) is 17.5. The van der Waals surface area contributed by atoms with E-state index in [1.807, 2.05) is 48.5 Å². The monoisotopic (exact) mass is 1120 g/mol. The molecule has 20 heteroatoms. The minimum atomic E-state index is -1.46. The molecule has 3 heterocycles. The molecule has 0 radical (unpaired) electrons. The summed E-state index contributed by atoms with van der Waals surface area (Å²) in [6.07, 6.45) is 2.41. The summed E-state index contributed by atoms with van der Waals surface area (Å²) in [6, 6.07) is 10.5. The molecule has 0 N–H and O–H groups in total. The van der Waals surface area contributed by atoms with E-state index < -0.39 is 96.1 Å². The third kappa shape index (κ3) is 15.8. The van der Waals surface area contributed by atoms with Crippen molar-refractivity contribution >= 4 is 58.9 Å². The molecule has 0 bridgehead atoms. The fourth-order valence-corrected chi connectivity index (χ4v) is 11.3. The fraction of sp³-hybridized carbons (Fsp3) is 0.672. The second-order valence-corrected chi connectivity index (χ2v) is 23.9. The zero-order valence-electron chi connectivity index (χ0n) is 48.2. The largest absolute Gasteiger partial charge is 0.451 e. The van der Waals surface area contributed by atoms with Crippen molar-refractivity contribution < 1.29 is 66.8 Å². The van der Waals surface area contributed by atoms with Gasteiger partial charge in [-0.25, -0.2) is 19.2 Å². The Balaban J connectivity index is 1.04.